The molecule has 2 fully saturated rings. The van der Waals surface area contributed by atoms with Gasteiger partial charge in [0.15, 0.2) is 0 Å². The van der Waals surface area contributed by atoms with Gasteiger partial charge in [-0.25, -0.2) is 4.98 Å². The number of anilines is 1. The van der Waals surface area contributed by atoms with Gasteiger partial charge >= 0.3 is 0 Å². The van der Waals surface area contributed by atoms with Gasteiger partial charge in [-0.15, -0.1) is 0 Å². The molecule has 5 rings (SSSR count). The first-order valence-corrected chi connectivity index (χ1v) is 12.8. The molecule has 188 valence electrons. The monoisotopic (exact) mass is 525 g/mol. The fourth-order valence-electron chi connectivity index (χ4n) is 5.42. The zero-order chi connectivity index (χ0) is 25.4. The van der Waals surface area contributed by atoms with Crippen LogP contribution in [-0.4, -0.2) is 59.0 Å². The van der Waals surface area contributed by atoms with Gasteiger partial charge in [0.2, 0.25) is 11.8 Å². The molecule has 1 amide bonds. The Kier molecular flexibility index (Phi) is 6.81. The summed E-state index contributed by atoms with van der Waals surface area (Å²) in [6, 6.07) is 11.2. The second kappa shape index (κ2) is 9.88. The van der Waals surface area contributed by atoms with Gasteiger partial charge in [0.25, 0.3) is 0 Å². The van der Waals surface area contributed by atoms with E-state index in [0.717, 1.165) is 56.7 Å². The number of hydrogen-bond donors (Lipinski definition) is 1. The predicted molar refractivity (Wildman–Crippen MR) is 143 cm³/mol. The number of methoxy groups -OCH3 is 1. The maximum absolute atomic E-state index is 11.8. The van der Waals surface area contributed by atoms with Crippen LogP contribution in [0.2, 0.25) is 10.0 Å². The van der Waals surface area contributed by atoms with E-state index in [2.05, 4.69) is 9.88 Å². The standard InChI is InChI=1S/C27H29Cl2N5O2/c1-17(35)34-13-10-27(16-34)9-12-33(15-27)14-18-6-7-22(32-26(18)36-2)19-8-11-31-25(24(19)29)20-4-3-5-21(30)23(20)28/h3-8,11H,9-10,12-16,30H2,1-2H3/t27-/m0/s1. The van der Waals surface area contributed by atoms with Crippen LogP contribution in [0.3, 0.4) is 0 Å². The Labute approximate surface area is 221 Å². The van der Waals surface area contributed by atoms with Crippen LogP contribution in [0.4, 0.5) is 5.69 Å². The van der Waals surface area contributed by atoms with Gasteiger partial charge in [-0.2, -0.15) is 0 Å². The van der Waals surface area contributed by atoms with Crippen LogP contribution in [0.25, 0.3) is 22.5 Å². The molecule has 0 bridgehead atoms. The Morgan fingerprint density at radius 1 is 1.08 bits per heavy atom. The number of hydrogen-bond acceptors (Lipinski definition) is 6. The van der Waals surface area contributed by atoms with Gasteiger partial charge in [-0.1, -0.05) is 41.4 Å². The highest BCUT2D eigenvalue weighted by atomic mass is 35.5. The third-order valence-corrected chi connectivity index (χ3v) is 8.18. The largest absolute Gasteiger partial charge is 0.481 e. The van der Waals surface area contributed by atoms with Crippen LogP contribution in [0.15, 0.2) is 42.6 Å². The number of aromatic nitrogens is 2. The van der Waals surface area contributed by atoms with Crippen LogP contribution in [0, 0.1) is 5.41 Å². The lowest BCUT2D eigenvalue weighted by Gasteiger charge is -2.24. The number of nitrogens with two attached hydrogens (primary N) is 1. The molecular weight excluding hydrogens is 497 g/mol. The first kappa shape index (κ1) is 24.8. The van der Waals surface area contributed by atoms with E-state index in [1.54, 1.807) is 26.3 Å². The quantitative estimate of drug-likeness (QED) is 0.463. The van der Waals surface area contributed by atoms with Gasteiger partial charge in [0.05, 0.1) is 34.2 Å². The first-order chi connectivity index (χ1) is 17.3. The van der Waals surface area contributed by atoms with E-state index < -0.39 is 0 Å². The van der Waals surface area contributed by atoms with Gasteiger partial charge < -0.3 is 15.4 Å². The molecule has 2 aromatic heterocycles. The van der Waals surface area contributed by atoms with Gasteiger partial charge in [-0.3, -0.25) is 14.7 Å². The number of nitrogen functional groups attached to an aromatic ring is 1. The van der Waals surface area contributed by atoms with E-state index in [1.165, 1.54) is 0 Å². The zero-order valence-electron chi connectivity index (χ0n) is 20.4. The highest BCUT2D eigenvalue weighted by Gasteiger charge is 2.44. The van der Waals surface area contributed by atoms with Crippen molar-refractivity contribution in [2.75, 3.05) is 39.0 Å². The number of halogens is 2. The molecule has 0 saturated carbocycles. The molecule has 1 atom stereocenters. The summed E-state index contributed by atoms with van der Waals surface area (Å²) >= 11 is 13.2. The van der Waals surface area contributed by atoms with Crippen LogP contribution in [0.5, 0.6) is 5.88 Å². The number of pyridine rings is 2. The molecule has 0 radical (unpaired) electrons. The van der Waals surface area contributed by atoms with E-state index in [-0.39, 0.29) is 11.3 Å². The van der Waals surface area contributed by atoms with E-state index in [4.69, 9.17) is 38.7 Å². The molecule has 2 saturated heterocycles. The van der Waals surface area contributed by atoms with Crippen molar-refractivity contribution in [3.05, 3.63) is 58.2 Å². The summed E-state index contributed by atoms with van der Waals surface area (Å²) < 4.78 is 5.69. The lowest BCUT2D eigenvalue weighted by atomic mass is 9.86. The number of nitrogens with zero attached hydrogens (tertiary/aromatic N) is 4. The molecule has 9 heteroatoms. The average Bonchev–Trinajstić information content (AvgIpc) is 3.48. The van der Waals surface area contributed by atoms with E-state index >= 15 is 0 Å². The fraction of sp³-hybridized carbons (Fsp3) is 0.370. The maximum atomic E-state index is 11.8. The molecule has 4 heterocycles. The summed E-state index contributed by atoms with van der Waals surface area (Å²) in [4.78, 5) is 25.5. The summed E-state index contributed by atoms with van der Waals surface area (Å²) in [5.74, 6) is 0.740. The van der Waals surface area contributed by atoms with Crippen molar-refractivity contribution in [3.63, 3.8) is 0 Å². The lowest BCUT2D eigenvalue weighted by Crippen LogP contribution is -2.32. The zero-order valence-corrected chi connectivity index (χ0v) is 21.9. The first-order valence-electron chi connectivity index (χ1n) is 12.0. The number of rotatable bonds is 5. The topological polar surface area (TPSA) is 84.6 Å². The second-order valence-corrected chi connectivity index (χ2v) is 10.5. The van der Waals surface area contributed by atoms with Crippen molar-refractivity contribution in [3.8, 4) is 28.4 Å². The van der Waals surface area contributed by atoms with Gasteiger partial charge in [-0.05, 0) is 37.6 Å². The van der Waals surface area contributed by atoms with Crippen LogP contribution >= 0.6 is 23.2 Å². The van der Waals surface area contributed by atoms with Gasteiger partial charge in [0.1, 0.15) is 0 Å². The summed E-state index contributed by atoms with van der Waals surface area (Å²) in [5, 5.41) is 0.868. The number of likely N-dealkylation sites (tertiary alicyclic amines) is 2. The minimum Gasteiger partial charge on any atom is -0.481 e. The van der Waals surface area contributed by atoms with Crippen LogP contribution in [-0.2, 0) is 11.3 Å². The Bertz CT molecular complexity index is 1320. The molecule has 1 spiro atoms. The van der Waals surface area contributed by atoms with Crippen molar-refractivity contribution < 1.29 is 9.53 Å². The molecule has 2 aliphatic rings. The summed E-state index contributed by atoms with van der Waals surface area (Å²) in [6.45, 7) is 6.09. The number of ether oxygens (including phenoxy) is 1. The van der Waals surface area contributed by atoms with Crippen molar-refractivity contribution in [2.45, 2.75) is 26.3 Å². The lowest BCUT2D eigenvalue weighted by molar-refractivity contribution is -0.128. The number of amides is 1. The normalized spacial score (nSPS) is 19.8. The highest BCUT2D eigenvalue weighted by Crippen LogP contribution is 2.41. The molecule has 0 unspecified atom stereocenters. The average molecular weight is 526 g/mol. The van der Waals surface area contributed by atoms with Gasteiger partial charge in [0, 0.05) is 61.4 Å². The molecule has 1 aromatic carbocycles. The van der Waals surface area contributed by atoms with E-state index in [1.807, 2.05) is 35.2 Å². The summed E-state index contributed by atoms with van der Waals surface area (Å²) in [6.07, 6.45) is 3.86. The SMILES string of the molecule is COc1nc(-c2ccnc(-c3cccc(N)c3Cl)c2Cl)ccc1CN1CC[C@]2(CCN(C(C)=O)C2)C1. The smallest absolute Gasteiger partial charge is 0.219 e. The molecule has 7 nitrogen and oxygen atoms in total. The fourth-order valence-corrected chi connectivity index (χ4v) is 5.94. The van der Waals surface area contributed by atoms with Crippen LogP contribution < -0.4 is 10.5 Å². The Morgan fingerprint density at radius 2 is 1.89 bits per heavy atom. The van der Waals surface area contributed by atoms with E-state index in [0.29, 0.717) is 38.6 Å². The molecule has 2 aliphatic heterocycles. The molecular formula is C27H29Cl2N5O2. The Hall–Kier alpha value is -2.87. The van der Waals surface area contributed by atoms with Crippen LogP contribution in [0.1, 0.15) is 25.3 Å². The predicted octanol–water partition coefficient (Wildman–Crippen LogP) is 5.15. The minimum absolute atomic E-state index is 0.169. The summed E-state index contributed by atoms with van der Waals surface area (Å²) in [7, 11) is 1.63. The Balaban J connectivity index is 1.38. The molecule has 2 N–H and O–H groups in total. The second-order valence-electron chi connectivity index (χ2n) is 9.75. The minimum atomic E-state index is 0.169. The molecule has 36 heavy (non-hydrogen) atoms. The third-order valence-electron chi connectivity index (χ3n) is 7.38. The summed E-state index contributed by atoms with van der Waals surface area (Å²) in [5.41, 5.74) is 10.3. The molecule has 0 aliphatic carbocycles. The highest BCUT2D eigenvalue weighted by molar-refractivity contribution is 6.38. The maximum Gasteiger partial charge on any atom is 0.219 e. The number of carbonyl (C=O) groups is 1. The van der Waals surface area contributed by atoms with Crippen molar-refractivity contribution in [1.82, 2.24) is 19.8 Å². The van der Waals surface area contributed by atoms with Crippen molar-refractivity contribution in [2.24, 2.45) is 5.41 Å². The van der Waals surface area contributed by atoms with E-state index in [9.17, 15) is 4.79 Å². The van der Waals surface area contributed by atoms with Crippen molar-refractivity contribution >= 4 is 34.8 Å². The third kappa shape index (κ3) is 4.63. The number of carbonyl (C=O) groups excluding carboxylic acids is 1. The Morgan fingerprint density at radius 3 is 2.64 bits per heavy atom. The molecule has 3 aromatic rings. The number of benzene rings is 1. The van der Waals surface area contributed by atoms with Crippen molar-refractivity contribution in [1.29, 1.82) is 0 Å².